The molecule has 14 nitrogen and oxygen atoms in total. The Morgan fingerprint density at radius 3 is 2.36 bits per heavy atom. The highest BCUT2D eigenvalue weighted by molar-refractivity contribution is 7.90. The molecular weight excluding hydrogens is 895 g/mol. The standard InChI is InChI=1S/C50H62ClFN8O6S/c1-49(2)46(50(3,4)47(49)65-33-11-10-31(23-53)38(51)21-33)57-44(61)32-24-55-48(56-25-32)59-18-15-29(16-19-59)20-30-26-60(27-30)39-8-7-9-41(42(39)52)66-40-13-12-34(67(6,63)64)22-36(40)37-28-58(5)45(62)43-35(37)14-17-54-43/h7-13,21-22,28-30,32,35,43,46-48,54-56H,14-20,24-27H2,1-6H3,(H,57,61). The molecule has 2 atom stereocenters. The second-order valence-electron chi connectivity index (χ2n) is 20.7. The van der Waals surface area contributed by atoms with Crippen LogP contribution in [0.3, 0.4) is 0 Å². The molecule has 5 fully saturated rings. The zero-order chi connectivity index (χ0) is 47.6. The minimum absolute atomic E-state index is 0.00513. The van der Waals surface area contributed by atoms with Crippen LogP contribution < -0.4 is 35.6 Å². The normalized spacial score (nSPS) is 27.6. The monoisotopic (exact) mass is 956 g/mol. The predicted octanol–water partition coefficient (Wildman–Crippen LogP) is 5.97. The first-order valence-corrected chi connectivity index (χ1v) is 25.8. The van der Waals surface area contributed by atoms with E-state index in [4.69, 9.17) is 21.1 Å². The SMILES string of the molecule is CN1C=C(c2cc(S(C)(=O)=O)ccc2Oc2cccc(N3CC(CC4CCN(C5NCC(C(=O)NC6C(C)(C)C(Oc7ccc(C#N)c(Cl)c7)C6(C)C)CN5)CC4)C3)c2F)C2CCNC2C1=O. The molecule has 1 saturated carbocycles. The molecule has 4 saturated heterocycles. The lowest BCUT2D eigenvalue weighted by Gasteiger charge is -2.63. The van der Waals surface area contributed by atoms with Crippen molar-refractivity contribution in [3.8, 4) is 23.3 Å². The summed E-state index contributed by atoms with van der Waals surface area (Å²) in [5.41, 5.74) is 1.50. The Bertz CT molecular complexity index is 2580. The molecule has 3 aromatic rings. The molecule has 2 amide bonds. The van der Waals surface area contributed by atoms with E-state index >= 15 is 4.39 Å². The molecule has 3 aromatic carbocycles. The number of halogens is 2. The number of carbonyl (C=O) groups excluding carboxylic acids is 2. The van der Waals surface area contributed by atoms with Crippen molar-refractivity contribution in [1.82, 2.24) is 31.1 Å². The van der Waals surface area contributed by atoms with Gasteiger partial charge in [-0.05, 0) is 92.1 Å². The minimum Gasteiger partial charge on any atom is -0.489 e. The minimum atomic E-state index is -3.56. The van der Waals surface area contributed by atoms with Gasteiger partial charge in [-0.1, -0.05) is 45.4 Å². The van der Waals surface area contributed by atoms with Gasteiger partial charge in [0.2, 0.25) is 11.8 Å². The lowest BCUT2D eigenvalue weighted by Crippen LogP contribution is -2.75. The second-order valence-corrected chi connectivity index (χ2v) is 23.1. The summed E-state index contributed by atoms with van der Waals surface area (Å²) in [6.45, 7) is 13.6. The zero-order valence-electron chi connectivity index (χ0n) is 39.1. The van der Waals surface area contributed by atoms with Crippen molar-refractivity contribution < 1.29 is 31.9 Å². The van der Waals surface area contributed by atoms with E-state index in [-0.39, 0.29) is 63.6 Å². The molecule has 0 radical (unpaired) electrons. The maximum Gasteiger partial charge on any atom is 0.244 e. The summed E-state index contributed by atoms with van der Waals surface area (Å²) in [6, 6.07) is 16.4. The maximum atomic E-state index is 16.3. The van der Waals surface area contributed by atoms with Crippen LogP contribution in [-0.4, -0.2) is 114 Å². The van der Waals surface area contributed by atoms with Crippen LogP contribution in [0.4, 0.5) is 10.1 Å². The zero-order valence-corrected chi connectivity index (χ0v) is 40.6. The van der Waals surface area contributed by atoms with Crippen LogP contribution in [0.2, 0.25) is 5.02 Å². The topological polar surface area (TPSA) is 168 Å². The van der Waals surface area contributed by atoms with Gasteiger partial charge in [0.05, 0.1) is 33.1 Å². The summed E-state index contributed by atoms with van der Waals surface area (Å²) in [5, 5.41) is 23.4. The lowest BCUT2D eigenvalue weighted by atomic mass is 9.49. The number of carbonyl (C=O) groups is 2. The quantitative estimate of drug-likeness (QED) is 0.168. The molecular formula is C50H62ClFN8O6S. The lowest BCUT2D eigenvalue weighted by molar-refractivity contribution is -0.174. The summed E-state index contributed by atoms with van der Waals surface area (Å²) in [6.07, 6.45) is 6.65. The molecule has 5 heterocycles. The number of ether oxygens (including phenoxy) is 2. The first-order chi connectivity index (χ1) is 31.8. The van der Waals surface area contributed by atoms with Crippen molar-refractivity contribution in [3.63, 3.8) is 0 Å². The summed E-state index contributed by atoms with van der Waals surface area (Å²) >= 11 is 6.27. The van der Waals surface area contributed by atoms with Crippen molar-refractivity contribution in [2.24, 2.45) is 34.5 Å². The number of sulfone groups is 1. The van der Waals surface area contributed by atoms with E-state index in [0.29, 0.717) is 71.2 Å². The third kappa shape index (κ3) is 9.15. The molecule has 2 unspecified atom stereocenters. The van der Waals surface area contributed by atoms with E-state index in [1.54, 1.807) is 61.8 Å². The number of amides is 2. The number of hydrogen-bond acceptors (Lipinski definition) is 12. The summed E-state index contributed by atoms with van der Waals surface area (Å²) in [4.78, 5) is 32.7. The fraction of sp³-hybridized carbons (Fsp3) is 0.540. The average Bonchev–Trinajstić information content (AvgIpc) is 3.79. The summed E-state index contributed by atoms with van der Waals surface area (Å²) < 4.78 is 54.3. The largest absolute Gasteiger partial charge is 0.489 e. The van der Waals surface area contributed by atoms with E-state index < -0.39 is 21.7 Å². The maximum absolute atomic E-state index is 16.3. The number of rotatable bonds is 12. The van der Waals surface area contributed by atoms with E-state index in [9.17, 15) is 23.3 Å². The predicted molar refractivity (Wildman–Crippen MR) is 255 cm³/mol. The highest BCUT2D eigenvalue weighted by Crippen LogP contribution is 2.56. The molecule has 1 aliphatic carbocycles. The number of likely N-dealkylation sites (N-methyl/N-ethyl adjacent to an activating group) is 1. The molecule has 0 aromatic heterocycles. The number of piperidine rings is 1. The van der Waals surface area contributed by atoms with Crippen LogP contribution in [0.15, 0.2) is 65.7 Å². The number of fused-ring (bicyclic) bond motifs is 1. The van der Waals surface area contributed by atoms with Gasteiger partial charge in [0.1, 0.15) is 30.0 Å². The number of nitrogens with zero attached hydrogens (tertiary/aromatic N) is 4. The number of likely N-dealkylation sites (tertiary alicyclic amines) is 1. The van der Waals surface area contributed by atoms with Crippen LogP contribution in [0.5, 0.6) is 17.2 Å². The molecule has 358 valence electrons. The van der Waals surface area contributed by atoms with Crippen molar-refractivity contribution >= 4 is 44.5 Å². The summed E-state index contributed by atoms with van der Waals surface area (Å²) in [7, 11) is -1.88. The van der Waals surface area contributed by atoms with Crippen LogP contribution in [-0.2, 0) is 19.4 Å². The fourth-order valence-electron chi connectivity index (χ4n) is 11.9. The van der Waals surface area contributed by atoms with Gasteiger partial charge in [0.25, 0.3) is 0 Å². The van der Waals surface area contributed by atoms with Crippen LogP contribution in [0.25, 0.3) is 5.57 Å². The molecule has 17 heteroatoms. The molecule has 0 spiro atoms. The van der Waals surface area contributed by atoms with E-state index in [0.717, 1.165) is 57.3 Å². The van der Waals surface area contributed by atoms with Crippen molar-refractivity contribution in [2.45, 2.75) is 82.8 Å². The molecule has 6 aliphatic rings. The van der Waals surface area contributed by atoms with Gasteiger partial charge in [-0.25, -0.2) is 12.8 Å². The third-order valence-corrected chi connectivity index (χ3v) is 16.7. The number of benzene rings is 3. The van der Waals surface area contributed by atoms with Crippen LogP contribution in [0, 0.1) is 51.6 Å². The molecule has 5 aliphatic heterocycles. The fourth-order valence-corrected chi connectivity index (χ4v) is 12.8. The Morgan fingerprint density at radius 2 is 1.69 bits per heavy atom. The van der Waals surface area contributed by atoms with Gasteiger partial charge in [0.15, 0.2) is 21.4 Å². The molecule has 4 N–H and O–H groups in total. The Morgan fingerprint density at radius 1 is 0.970 bits per heavy atom. The van der Waals surface area contributed by atoms with E-state index in [1.807, 2.05) is 0 Å². The van der Waals surface area contributed by atoms with Gasteiger partial charge in [0, 0.05) is 93.2 Å². The molecule has 0 bridgehead atoms. The number of nitrogens with one attached hydrogen (secondary N) is 4. The van der Waals surface area contributed by atoms with Gasteiger partial charge in [-0.3, -0.25) is 25.1 Å². The first-order valence-electron chi connectivity index (χ1n) is 23.5. The van der Waals surface area contributed by atoms with Gasteiger partial charge >= 0.3 is 0 Å². The van der Waals surface area contributed by atoms with Crippen molar-refractivity contribution in [2.75, 3.05) is 64.0 Å². The van der Waals surface area contributed by atoms with Gasteiger partial charge < -0.3 is 29.9 Å². The van der Waals surface area contributed by atoms with Crippen LogP contribution >= 0.6 is 11.6 Å². The highest BCUT2D eigenvalue weighted by Gasteiger charge is 2.64. The first kappa shape index (κ1) is 47.3. The van der Waals surface area contributed by atoms with Crippen LogP contribution in [0.1, 0.15) is 64.5 Å². The average molecular weight is 958 g/mol. The molecule has 67 heavy (non-hydrogen) atoms. The third-order valence-electron chi connectivity index (χ3n) is 15.3. The summed E-state index contributed by atoms with van der Waals surface area (Å²) in [5.74, 6) is 1.13. The van der Waals surface area contributed by atoms with Crippen molar-refractivity contribution in [3.05, 3.63) is 82.8 Å². The van der Waals surface area contributed by atoms with Crippen molar-refractivity contribution in [1.29, 1.82) is 5.26 Å². The Balaban J connectivity index is 0.741. The number of hydrogen-bond donors (Lipinski definition) is 4. The molecule has 9 rings (SSSR count). The Kier molecular flexibility index (Phi) is 12.9. The Labute approximate surface area is 398 Å². The Hall–Kier alpha value is -4.76. The van der Waals surface area contributed by atoms with Gasteiger partial charge in [-0.15, -0.1) is 0 Å². The number of anilines is 1. The van der Waals surface area contributed by atoms with E-state index in [2.05, 4.69) is 64.8 Å². The second kappa shape index (κ2) is 18.3. The number of nitriles is 1. The highest BCUT2D eigenvalue weighted by atomic mass is 35.5. The van der Waals surface area contributed by atoms with E-state index in [1.165, 1.54) is 11.0 Å². The van der Waals surface area contributed by atoms with Gasteiger partial charge in [-0.2, -0.15) is 5.26 Å². The smallest absolute Gasteiger partial charge is 0.244 e.